The average Bonchev–Trinajstić information content (AvgIpc) is 2.66. The number of rotatable bonds is 13. The summed E-state index contributed by atoms with van der Waals surface area (Å²) in [7, 11) is 1.37. The van der Waals surface area contributed by atoms with Gasteiger partial charge in [0.2, 0.25) is 11.8 Å². The van der Waals surface area contributed by atoms with Gasteiger partial charge in [0.15, 0.2) is 0 Å². The van der Waals surface area contributed by atoms with Crippen molar-refractivity contribution in [2.75, 3.05) is 12.4 Å². The molecule has 0 unspecified atom stereocenters. The molecule has 27 heavy (non-hydrogen) atoms. The first-order valence-electron chi connectivity index (χ1n) is 9.37. The molecule has 6 heteroatoms. The smallest absolute Gasteiger partial charge is 0.305 e. The second kappa shape index (κ2) is 13.6. The van der Waals surface area contributed by atoms with E-state index in [-0.39, 0.29) is 23.8 Å². The zero-order valence-electron chi connectivity index (χ0n) is 16.0. The van der Waals surface area contributed by atoms with Crippen LogP contribution in [0, 0.1) is 0 Å². The van der Waals surface area contributed by atoms with Crippen LogP contribution in [-0.2, 0) is 19.1 Å². The largest absolute Gasteiger partial charge is 0.469 e. The Bertz CT molecular complexity index is 601. The number of unbranched alkanes of at least 4 members (excludes halogenated alkanes) is 1. The van der Waals surface area contributed by atoms with Gasteiger partial charge in [0, 0.05) is 31.0 Å². The minimum Gasteiger partial charge on any atom is -0.469 e. The van der Waals surface area contributed by atoms with Gasteiger partial charge < -0.3 is 15.4 Å². The Morgan fingerprint density at radius 3 is 2.33 bits per heavy atom. The molecule has 2 N–H and O–H groups in total. The third kappa shape index (κ3) is 10.8. The van der Waals surface area contributed by atoms with Crippen molar-refractivity contribution in [2.45, 2.75) is 57.4 Å². The highest BCUT2D eigenvalue weighted by Gasteiger charge is 2.12. The molecule has 2 amide bonds. The number of nitrogens with one attached hydrogen (secondary N) is 2. The van der Waals surface area contributed by atoms with Crippen molar-refractivity contribution in [3.8, 4) is 0 Å². The van der Waals surface area contributed by atoms with Crippen LogP contribution in [0.4, 0.5) is 5.69 Å². The van der Waals surface area contributed by atoms with Gasteiger partial charge in [-0.3, -0.25) is 14.4 Å². The van der Waals surface area contributed by atoms with Crippen molar-refractivity contribution in [1.82, 2.24) is 5.32 Å². The molecular weight excluding hydrogens is 344 g/mol. The number of hydrogen-bond donors (Lipinski definition) is 2. The van der Waals surface area contributed by atoms with E-state index in [1.165, 1.54) is 7.11 Å². The molecule has 0 saturated heterocycles. The second-order valence-electron chi connectivity index (χ2n) is 6.38. The molecule has 1 aromatic rings. The zero-order chi connectivity index (χ0) is 19.9. The van der Waals surface area contributed by atoms with E-state index in [9.17, 15) is 14.4 Å². The number of anilines is 1. The first-order chi connectivity index (χ1) is 13.0. The summed E-state index contributed by atoms with van der Waals surface area (Å²) >= 11 is 0. The number of esters is 1. The van der Waals surface area contributed by atoms with Crippen LogP contribution < -0.4 is 10.6 Å². The highest BCUT2D eigenvalue weighted by Crippen LogP contribution is 2.09. The van der Waals surface area contributed by atoms with Crippen LogP contribution in [0.25, 0.3) is 0 Å². The molecular formula is C21H30N2O4. The molecule has 0 heterocycles. The lowest BCUT2D eigenvalue weighted by molar-refractivity contribution is -0.140. The number of para-hydroxylation sites is 1. The highest BCUT2D eigenvalue weighted by atomic mass is 16.5. The Morgan fingerprint density at radius 2 is 1.70 bits per heavy atom. The van der Waals surface area contributed by atoms with Crippen LogP contribution in [0.3, 0.4) is 0 Å². The molecule has 0 spiro atoms. The van der Waals surface area contributed by atoms with E-state index in [1.54, 1.807) is 6.08 Å². The first-order valence-corrected chi connectivity index (χ1v) is 9.37. The van der Waals surface area contributed by atoms with E-state index in [0.29, 0.717) is 51.4 Å². The lowest BCUT2D eigenvalue weighted by atomic mass is 10.1. The van der Waals surface area contributed by atoms with E-state index in [2.05, 4.69) is 21.9 Å². The van der Waals surface area contributed by atoms with E-state index >= 15 is 0 Å². The summed E-state index contributed by atoms with van der Waals surface area (Å²) in [4.78, 5) is 35.1. The standard InChI is InChI=1S/C21H30N2O4/c1-3-10-17(13-9-16-21(26)27-2)22-19(24)14-7-8-15-20(25)23-18-11-5-4-6-12-18/h3-6,11-12,17H,1,7-10,13-16H2,2H3,(H,22,24)(H,23,25)/t17-/m0/s1. The van der Waals surface area contributed by atoms with Crippen molar-refractivity contribution in [3.63, 3.8) is 0 Å². The third-order valence-electron chi connectivity index (χ3n) is 4.09. The van der Waals surface area contributed by atoms with Crippen LogP contribution in [0.1, 0.15) is 51.4 Å². The summed E-state index contributed by atoms with van der Waals surface area (Å²) in [5.74, 6) is -0.329. The maximum absolute atomic E-state index is 12.1. The van der Waals surface area contributed by atoms with E-state index in [4.69, 9.17) is 0 Å². The lowest BCUT2D eigenvalue weighted by Crippen LogP contribution is -2.34. The van der Waals surface area contributed by atoms with Gasteiger partial charge in [0.05, 0.1) is 7.11 Å². The molecule has 1 rings (SSSR count). The van der Waals surface area contributed by atoms with Crippen LogP contribution in [0.15, 0.2) is 43.0 Å². The maximum atomic E-state index is 12.1. The summed E-state index contributed by atoms with van der Waals surface area (Å²) in [5, 5.41) is 5.80. The average molecular weight is 374 g/mol. The number of methoxy groups -OCH3 is 1. The molecule has 0 aromatic heterocycles. The van der Waals surface area contributed by atoms with Crippen LogP contribution in [0.2, 0.25) is 0 Å². The Kier molecular flexibility index (Phi) is 11.3. The van der Waals surface area contributed by atoms with Crippen LogP contribution in [-0.4, -0.2) is 30.9 Å². The summed E-state index contributed by atoms with van der Waals surface area (Å²) in [6.45, 7) is 3.71. The fourth-order valence-electron chi connectivity index (χ4n) is 2.66. The van der Waals surface area contributed by atoms with Gasteiger partial charge in [-0.15, -0.1) is 6.58 Å². The van der Waals surface area contributed by atoms with Gasteiger partial charge in [0.25, 0.3) is 0 Å². The van der Waals surface area contributed by atoms with E-state index < -0.39 is 0 Å². The van der Waals surface area contributed by atoms with Crippen molar-refractivity contribution >= 4 is 23.5 Å². The summed E-state index contributed by atoms with van der Waals surface area (Å²) in [6, 6.07) is 9.27. The molecule has 0 aliphatic heterocycles. The summed E-state index contributed by atoms with van der Waals surface area (Å²) in [5.41, 5.74) is 0.777. The Labute approximate surface area is 161 Å². The molecule has 0 aliphatic carbocycles. The molecule has 148 valence electrons. The molecule has 1 atom stereocenters. The SMILES string of the molecule is C=CC[C@@H](CCCC(=O)OC)NC(=O)CCCCC(=O)Nc1ccccc1. The van der Waals surface area contributed by atoms with Gasteiger partial charge in [-0.05, 0) is 44.2 Å². The number of amides is 2. The fourth-order valence-corrected chi connectivity index (χ4v) is 2.66. The second-order valence-corrected chi connectivity index (χ2v) is 6.38. The number of benzene rings is 1. The third-order valence-corrected chi connectivity index (χ3v) is 4.09. The van der Waals surface area contributed by atoms with Crippen LogP contribution in [0.5, 0.6) is 0 Å². The Balaban J connectivity index is 2.20. The molecule has 6 nitrogen and oxygen atoms in total. The molecule has 0 fully saturated rings. The quantitative estimate of drug-likeness (QED) is 0.314. The molecule has 0 bridgehead atoms. The number of carbonyl (C=O) groups is 3. The lowest BCUT2D eigenvalue weighted by Gasteiger charge is -2.17. The van der Waals surface area contributed by atoms with Gasteiger partial charge in [0.1, 0.15) is 0 Å². The van der Waals surface area contributed by atoms with E-state index in [1.807, 2.05) is 30.3 Å². The zero-order valence-corrected chi connectivity index (χ0v) is 16.0. The highest BCUT2D eigenvalue weighted by molar-refractivity contribution is 5.90. The summed E-state index contributed by atoms with van der Waals surface area (Å²) in [6.07, 6.45) is 6.19. The predicted octanol–water partition coefficient (Wildman–Crippen LogP) is 3.59. The monoisotopic (exact) mass is 374 g/mol. The van der Waals surface area contributed by atoms with Crippen molar-refractivity contribution < 1.29 is 19.1 Å². The minimum absolute atomic E-state index is 0.0268. The van der Waals surface area contributed by atoms with Crippen molar-refractivity contribution in [1.29, 1.82) is 0 Å². The van der Waals surface area contributed by atoms with Gasteiger partial charge in [-0.25, -0.2) is 0 Å². The number of ether oxygens (including phenoxy) is 1. The van der Waals surface area contributed by atoms with Gasteiger partial charge >= 0.3 is 5.97 Å². The van der Waals surface area contributed by atoms with Gasteiger partial charge in [-0.1, -0.05) is 24.3 Å². The Morgan fingerprint density at radius 1 is 1.04 bits per heavy atom. The van der Waals surface area contributed by atoms with Crippen molar-refractivity contribution in [3.05, 3.63) is 43.0 Å². The topological polar surface area (TPSA) is 84.5 Å². The summed E-state index contributed by atoms with van der Waals surface area (Å²) < 4.78 is 4.62. The van der Waals surface area contributed by atoms with E-state index in [0.717, 1.165) is 5.69 Å². The molecule has 0 aliphatic rings. The normalized spacial score (nSPS) is 11.3. The maximum Gasteiger partial charge on any atom is 0.305 e. The van der Waals surface area contributed by atoms with Crippen LogP contribution >= 0.6 is 0 Å². The first kappa shape index (κ1) is 22.4. The fraction of sp³-hybridized carbons (Fsp3) is 0.476. The number of hydrogen-bond acceptors (Lipinski definition) is 4. The molecule has 1 aromatic carbocycles. The predicted molar refractivity (Wildman–Crippen MR) is 106 cm³/mol. The molecule has 0 radical (unpaired) electrons. The number of carbonyl (C=O) groups excluding carboxylic acids is 3. The van der Waals surface area contributed by atoms with Gasteiger partial charge in [-0.2, -0.15) is 0 Å². The van der Waals surface area contributed by atoms with Crippen molar-refractivity contribution in [2.24, 2.45) is 0 Å². The minimum atomic E-state index is -0.243. The Hall–Kier alpha value is -2.63. The molecule has 0 saturated carbocycles.